The zero-order valence-corrected chi connectivity index (χ0v) is 13.4. The first-order chi connectivity index (χ1) is 10.3. The molecule has 3 nitrogen and oxygen atoms in total. The number of benzene rings is 1. The number of carbonyl (C=O) groups excluding carboxylic acids is 1. The minimum Gasteiger partial charge on any atom is -0.493 e. The molecule has 0 aromatic heterocycles. The van der Waals surface area contributed by atoms with Gasteiger partial charge in [-0.05, 0) is 69.9 Å². The van der Waals surface area contributed by atoms with Gasteiger partial charge in [0.2, 0.25) is 0 Å². The van der Waals surface area contributed by atoms with Gasteiger partial charge in [-0.15, -0.1) is 0 Å². The number of hydrogen-bond acceptors (Lipinski definition) is 3. The van der Waals surface area contributed by atoms with Gasteiger partial charge >= 0.3 is 5.97 Å². The van der Waals surface area contributed by atoms with Gasteiger partial charge in [0, 0.05) is 6.07 Å². The van der Waals surface area contributed by atoms with E-state index in [1.54, 1.807) is 26.8 Å². The van der Waals surface area contributed by atoms with Crippen LogP contribution in [0.1, 0.15) is 68.3 Å². The fourth-order valence-corrected chi connectivity index (χ4v) is 2.39. The molecule has 0 heterocycles. The van der Waals surface area contributed by atoms with E-state index < -0.39 is 17.4 Å². The molecule has 0 amide bonds. The molecule has 1 aromatic rings. The lowest BCUT2D eigenvalue weighted by Gasteiger charge is -2.20. The largest absolute Gasteiger partial charge is 0.493 e. The number of rotatable bonds is 5. The van der Waals surface area contributed by atoms with Gasteiger partial charge in [0.15, 0.2) is 0 Å². The van der Waals surface area contributed by atoms with Crippen molar-refractivity contribution in [3.63, 3.8) is 0 Å². The minimum atomic E-state index is -0.635. The van der Waals surface area contributed by atoms with E-state index in [0.717, 1.165) is 18.4 Å². The van der Waals surface area contributed by atoms with Crippen molar-refractivity contribution in [3.8, 4) is 5.75 Å². The lowest BCUT2D eigenvalue weighted by atomic mass is 10.0. The average Bonchev–Trinajstić information content (AvgIpc) is 3.26. The van der Waals surface area contributed by atoms with Gasteiger partial charge in [-0.25, -0.2) is 9.18 Å². The second-order valence-electron chi connectivity index (χ2n) is 7.40. The summed E-state index contributed by atoms with van der Waals surface area (Å²) in [5, 5.41) is 0. The van der Waals surface area contributed by atoms with E-state index >= 15 is 0 Å². The summed E-state index contributed by atoms with van der Waals surface area (Å²) in [5.74, 6) is 0.418. The van der Waals surface area contributed by atoms with Crippen LogP contribution in [-0.2, 0) is 4.74 Å². The molecule has 0 atom stereocenters. The fraction of sp³-hybridized carbons (Fsp3) is 0.611. The van der Waals surface area contributed by atoms with Crippen LogP contribution in [0.15, 0.2) is 12.1 Å². The Kier molecular flexibility index (Phi) is 3.87. The van der Waals surface area contributed by atoms with E-state index in [1.807, 2.05) is 0 Å². The first-order valence-corrected chi connectivity index (χ1v) is 8.03. The Morgan fingerprint density at radius 3 is 2.45 bits per heavy atom. The smallest absolute Gasteiger partial charge is 0.341 e. The normalized spacial score (nSPS) is 18.2. The Morgan fingerprint density at radius 1 is 1.23 bits per heavy atom. The van der Waals surface area contributed by atoms with E-state index in [0.29, 0.717) is 24.2 Å². The molecular weight excluding hydrogens is 283 g/mol. The van der Waals surface area contributed by atoms with Crippen molar-refractivity contribution in [1.29, 1.82) is 0 Å². The Labute approximate surface area is 130 Å². The second kappa shape index (κ2) is 5.56. The molecule has 0 aliphatic heterocycles. The predicted molar refractivity (Wildman–Crippen MR) is 81.8 cm³/mol. The van der Waals surface area contributed by atoms with Crippen LogP contribution in [0.3, 0.4) is 0 Å². The maximum Gasteiger partial charge on any atom is 0.341 e. The molecule has 2 aliphatic carbocycles. The topological polar surface area (TPSA) is 35.5 Å². The quantitative estimate of drug-likeness (QED) is 0.754. The summed E-state index contributed by atoms with van der Waals surface area (Å²) in [5.41, 5.74) is 0.322. The highest BCUT2D eigenvalue weighted by Crippen LogP contribution is 2.45. The number of carbonyl (C=O) groups is 1. The summed E-state index contributed by atoms with van der Waals surface area (Å²) in [7, 11) is 0. The monoisotopic (exact) mass is 306 g/mol. The molecule has 3 rings (SSSR count). The molecule has 0 bridgehead atoms. The first-order valence-electron chi connectivity index (χ1n) is 8.03. The molecule has 0 saturated heterocycles. The van der Waals surface area contributed by atoms with Crippen molar-refractivity contribution in [2.75, 3.05) is 6.61 Å². The van der Waals surface area contributed by atoms with Crippen LogP contribution in [-0.4, -0.2) is 18.2 Å². The van der Waals surface area contributed by atoms with Gasteiger partial charge in [0.25, 0.3) is 0 Å². The fourth-order valence-electron chi connectivity index (χ4n) is 2.39. The van der Waals surface area contributed by atoms with Gasteiger partial charge in [-0.2, -0.15) is 0 Å². The Morgan fingerprint density at radius 2 is 1.91 bits per heavy atom. The van der Waals surface area contributed by atoms with Crippen molar-refractivity contribution in [2.45, 2.75) is 58.0 Å². The first kappa shape index (κ1) is 15.3. The molecule has 2 fully saturated rings. The zero-order chi connectivity index (χ0) is 15.9. The summed E-state index contributed by atoms with van der Waals surface area (Å²) < 4.78 is 25.4. The van der Waals surface area contributed by atoms with E-state index in [-0.39, 0.29) is 5.56 Å². The van der Waals surface area contributed by atoms with Crippen LogP contribution in [0.2, 0.25) is 0 Å². The van der Waals surface area contributed by atoms with Crippen molar-refractivity contribution >= 4 is 5.97 Å². The van der Waals surface area contributed by atoms with Crippen LogP contribution in [0.4, 0.5) is 4.39 Å². The van der Waals surface area contributed by atoms with Crippen molar-refractivity contribution in [2.24, 2.45) is 5.92 Å². The van der Waals surface area contributed by atoms with Gasteiger partial charge < -0.3 is 9.47 Å². The summed E-state index contributed by atoms with van der Waals surface area (Å²) in [6.45, 7) is 5.97. The highest BCUT2D eigenvalue weighted by molar-refractivity contribution is 5.90. The Balaban J connectivity index is 1.84. The van der Waals surface area contributed by atoms with Gasteiger partial charge in [0.1, 0.15) is 17.2 Å². The number of esters is 1. The third-order valence-electron chi connectivity index (χ3n) is 3.91. The Bertz CT molecular complexity index is 581. The van der Waals surface area contributed by atoms with Crippen LogP contribution in [0.25, 0.3) is 0 Å². The SMILES string of the molecule is CC(C)(C)OC(=O)c1cc(C2CC2)c(OCC2CC2)cc1F. The molecule has 0 unspecified atom stereocenters. The lowest BCUT2D eigenvalue weighted by molar-refractivity contribution is 0.00645. The van der Waals surface area contributed by atoms with Crippen LogP contribution in [0.5, 0.6) is 5.75 Å². The van der Waals surface area contributed by atoms with Crippen LogP contribution >= 0.6 is 0 Å². The molecule has 1 aromatic carbocycles. The second-order valence-corrected chi connectivity index (χ2v) is 7.40. The van der Waals surface area contributed by atoms with E-state index in [9.17, 15) is 9.18 Å². The molecule has 0 N–H and O–H groups in total. The zero-order valence-electron chi connectivity index (χ0n) is 13.4. The van der Waals surface area contributed by atoms with Crippen LogP contribution < -0.4 is 4.74 Å². The van der Waals surface area contributed by atoms with Crippen molar-refractivity contribution in [1.82, 2.24) is 0 Å². The van der Waals surface area contributed by atoms with E-state index in [4.69, 9.17) is 9.47 Å². The standard InChI is InChI=1S/C18H23FO3/c1-18(2,3)22-17(20)14-8-13(12-6-7-12)16(9-15(14)19)21-10-11-4-5-11/h8-9,11-12H,4-7,10H2,1-3H3. The summed E-state index contributed by atoms with van der Waals surface area (Å²) in [6, 6.07) is 2.98. The minimum absolute atomic E-state index is 0.00981. The number of hydrogen-bond donors (Lipinski definition) is 0. The molecule has 4 heteroatoms. The Hall–Kier alpha value is -1.58. The molecule has 2 saturated carbocycles. The molecule has 0 radical (unpaired) electrons. The van der Waals surface area contributed by atoms with Crippen molar-refractivity contribution < 1.29 is 18.7 Å². The van der Waals surface area contributed by atoms with E-state index in [2.05, 4.69) is 0 Å². The molecule has 120 valence electrons. The predicted octanol–water partition coefficient (Wildman–Crippen LogP) is 4.45. The summed E-state index contributed by atoms with van der Waals surface area (Å²) >= 11 is 0. The maximum atomic E-state index is 14.3. The van der Waals surface area contributed by atoms with Gasteiger partial charge in [-0.1, -0.05) is 0 Å². The molecule has 2 aliphatic rings. The summed E-state index contributed by atoms with van der Waals surface area (Å²) in [6.07, 6.45) is 4.52. The van der Waals surface area contributed by atoms with Gasteiger partial charge in [0.05, 0.1) is 12.2 Å². The van der Waals surface area contributed by atoms with Crippen molar-refractivity contribution in [3.05, 3.63) is 29.1 Å². The van der Waals surface area contributed by atoms with Gasteiger partial charge in [-0.3, -0.25) is 0 Å². The van der Waals surface area contributed by atoms with E-state index in [1.165, 1.54) is 18.9 Å². The number of ether oxygens (including phenoxy) is 2. The average molecular weight is 306 g/mol. The maximum absolute atomic E-state index is 14.3. The molecule has 22 heavy (non-hydrogen) atoms. The molecular formula is C18H23FO3. The summed E-state index contributed by atoms with van der Waals surface area (Å²) in [4.78, 5) is 12.2. The third-order valence-corrected chi connectivity index (χ3v) is 3.91. The highest BCUT2D eigenvalue weighted by Gasteiger charge is 2.31. The lowest BCUT2D eigenvalue weighted by Crippen LogP contribution is -2.24. The third kappa shape index (κ3) is 3.79. The molecule has 0 spiro atoms. The van der Waals surface area contributed by atoms with Crippen LogP contribution in [0, 0.1) is 11.7 Å². The highest BCUT2D eigenvalue weighted by atomic mass is 19.1. The number of halogens is 1.